The van der Waals surface area contributed by atoms with Crippen LogP contribution in [-0.4, -0.2) is 40.7 Å². The SMILES string of the molecule is CC(C)(C)C1CN(Cc2ncon2)CCN1. The van der Waals surface area contributed by atoms with Gasteiger partial charge in [-0.15, -0.1) is 0 Å². The Labute approximate surface area is 96.2 Å². The van der Waals surface area contributed by atoms with Crippen LogP contribution in [0.5, 0.6) is 0 Å². The van der Waals surface area contributed by atoms with Gasteiger partial charge in [-0.05, 0) is 5.41 Å². The Kier molecular flexibility index (Phi) is 3.25. The quantitative estimate of drug-likeness (QED) is 0.808. The summed E-state index contributed by atoms with van der Waals surface area (Å²) in [5.41, 5.74) is 0.288. The van der Waals surface area contributed by atoms with Gasteiger partial charge in [0.05, 0.1) is 6.54 Å². The summed E-state index contributed by atoms with van der Waals surface area (Å²) in [7, 11) is 0. The Balaban J connectivity index is 1.92. The van der Waals surface area contributed by atoms with Crippen LogP contribution >= 0.6 is 0 Å². The Morgan fingerprint density at radius 2 is 2.38 bits per heavy atom. The van der Waals surface area contributed by atoms with Crippen molar-refractivity contribution in [2.24, 2.45) is 5.41 Å². The van der Waals surface area contributed by atoms with Crippen molar-refractivity contribution in [3.05, 3.63) is 12.2 Å². The molecule has 2 rings (SSSR count). The van der Waals surface area contributed by atoms with Crippen LogP contribution in [0, 0.1) is 5.41 Å². The van der Waals surface area contributed by atoms with E-state index in [1.807, 2.05) is 0 Å². The molecule has 1 aliphatic heterocycles. The summed E-state index contributed by atoms with van der Waals surface area (Å²) in [6, 6.07) is 0.521. The van der Waals surface area contributed by atoms with Crippen molar-refractivity contribution < 1.29 is 4.52 Å². The number of nitrogens with one attached hydrogen (secondary N) is 1. The highest BCUT2D eigenvalue weighted by Gasteiger charge is 2.29. The third kappa shape index (κ3) is 2.80. The van der Waals surface area contributed by atoms with Crippen molar-refractivity contribution in [2.45, 2.75) is 33.4 Å². The van der Waals surface area contributed by atoms with Gasteiger partial charge in [-0.2, -0.15) is 4.98 Å². The van der Waals surface area contributed by atoms with Gasteiger partial charge in [0.15, 0.2) is 5.82 Å². The molecular formula is C11H20N4O. The third-order valence-electron chi connectivity index (χ3n) is 3.08. The normalized spacial score (nSPS) is 23.6. The van der Waals surface area contributed by atoms with Crippen LogP contribution in [0.2, 0.25) is 0 Å². The average Bonchev–Trinajstić information content (AvgIpc) is 2.70. The van der Waals surface area contributed by atoms with Crippen LogP contribution < -0.4 is 5.32 Å². The Bertz CT molecular complexity index is 317. The van der Waals surface area contributed by atoms with Gasteiger partial charge in [0.1, 0.15) is 0 Å². The van der Waals surface area contributed by atoms with E-state index >= 15 is 0 Å². The fourth-order valence-electron chi connectivity index (χ4n) is 2.00. The van der Waals surface area contributed by atoms with Gasteiger partial charge >= 0.3 is 0 Å². The zero-order valence-corrected chi connectivity index (χ0v) is 10.2. The largest absolute Gasteiger partial charge is 0.343 e. The number of hydrogen-bond acceptors (Lipinski definition) is 5. The maximum absolute atomic E-state index is 4.75. The highest BCUT2D eigenvalue weighted by molar-refractivity contribution is 4.89. The molecule has 1 saturated heterocycles. The van der Waals surface area contributed by atoms with Crippen LogP contribution in [0.1, 0.15) is 26.6 Å². The predicted octanol–water partition coefficient (Wildman–Crippen LogP) is 0.889. The van der Waals surface area contributed by atoms with E-state index in [2.05, 4.69) is 41.1 Å². The summed E-state index contributed by atoms with van der Waals surface area (Å²) in [5, 5.41) is 7.41. The molecule has 0 bridgehead atoms. The maximum Gasteiger partial charge on any atom is 0.213 e. The molecular weight excluding hydrogens is 204 g/mol. The van der Waals surface area contributed by atoms with Crippen molar-refractivity contribution >= 4 is 0 Å². The molecule has 1 aromatic heterocycles. The predicted molar refractivity (Wildman–Crippen MR) is 60.8 cm³/mol. The smallest absolute Gasteiger partial charge is 0.213 e. The molecule has 1 aromatic rings. The molecule has 0 amide bonds. The molecule has 1 fully saturated rings. The number of rotatable bonds is 2. The maximum atomic E-state index is 4.75. The summed E-state index contributed by atoms with van der Waals surface area (Å²) >= 11 is 0. The van der Waals surface area contributed by atoms with Gasteiger partial charge in [-0.1, -0.05) is 25.9 Å². The molecule has 0 aromatic carbocycles. The minimum absolute atomic E-state index is 0.288. The second-order valence-corrected chi connectivity index (χ2v) is 5.46. The van der Waals surface area contributed by atoms with Crippen LogP contribution in [0.3, 0.4) is 0 Å². The fraction of sp³-hybridized carbons (Fsp3) is 0.818. The van der Waals surface area contributed by atoms with E-state index in [0.29, 0.717) is 6.04 Å². The summed E-state index contributed by atoms with van der Waals surface area (Å²) in [5.74, 6) is 0.773. The molecule has 1 aliphatic rings. The minimum Gasteiger partial charge on any atom is -0.343 e. The third-order valence-corrected chi connectivity index (χ3v) is 3.08. The first-order chi connectivity index (χ1) is 7.55. The number of piperazine rings is 1. The first-order valence-corrected chi connectivity index (χ1v) is 5.77. The van der Waals surface area contributed by atoms with Crippen LogP contribution in [0.25, 0.3) is 0 Å². The van der Waals surface area contributed by atoms with E-state index in [0.717, 1.165) is 32.0 Å². The van der Waals surface area contributed by atoms with Crippen molar-refractivity contribution in [3.8, 4) is 0 Å². The number of aromatic nitrogens is 2. The van der Waals surface area contributed by atoms with E-state index < -0.39 is 0 Å². The summed E-state index contributed by atoms with van der Waals surface area (Å²) in [6.07, 6.45) is 1.39. The average molecular weight is 224 g/mol. The van der Waals surface area contributed by atoms with Gasteiger partial charge in [-0.25, -0.2) is 0 Å². The molecule has 0 spiro atoms. The Morgan fingerprint density at radius 1 is 1.56 bits per heavy atom. The standard InChI is InChI=1S/C11H20N4O/c1-11(2,3)9-6-15(5-4-12-9)7-10-13-8-16-14-10/h8-9,12H,4-7H2,1-3H3. The first-order valence-electron chi connectivity index (χ1n) is 5.77. The molecule has 90 valence electrons. The minimum atomic E-state index is 0.288. The zero-order chi connectivity index (χ0) is 11.6. The van der Waals surface area contributed by atoms with Gasteiger partial charge in [0, 0.05) is 25.7 Å². The van der Waals surface area contributed by atoms with Gasteiger partial charge in [0.2, 0.25) is 6.39 Å². The second kappa shape index (κ2) is 4.51. The van der Waals surface area contributed by atoms with Crippen LogP contribution in [0.15, 0.2) is 10.9 Å². The highest BCUT2D eigenvalue weighted by atomic mass is 16.5. The lowest BCUT2D eigenvalue weighted by molar-refractivity contribution is 0.126. The number of nitrogens with zero attached hydrogens (tertiary/aromatic N) is 3. The van der Waals surface area contributed by atoms with E-state index in [1.54, 1.807) is 0 Å². The molecule has 5 nitrogen and oxygen atoms in total. The van der Waals surface area contributed by atoms with Gasteiger partial charge < -0.3 is 9.84 Å². The highest BCUT2D eigenvalue weighted by Crippen LogP contribution is 2.22. The summed E-state index contributed by atoms with van der Waals surface area (Å²) < 4.78 is 4.75. The van der Waals surface area contributed by atoms with Crippen LogP contribution in [-0.2, 0) is 6.54 Å². The van der Waals surface area contributed by atoms with Crippen LogP contribution in [0.4, 0.5) is 0 Å². The molecule has 1 N–H and O–H groups in total. The van der Waals surface area contributed by atoms with E-state index in [9.17, 15) is 0 Å². The molecule has 0 aliphatic carbocycles. The number of hydrogen-bond donors (Lipinski definition) is 1. The molecule has 1 unspecified atom stereocenters. The van der Waals surface area contributed by atoms with Gasteiger partial charge in [-0.3, -0.25) is 4.90 Å². The summed E-state index contributed by atoms with van der Waals surface area (Å²) in [4.78, 5) is 6.43. The molecule has 0 saturated carbocycles. The van der Waals surface area contributed by atoms with E-state index in [1.165, 1.54) is 6.39 Å². The lowest BCUT2D eigenvalue weighted by Crippen LogP contribution is -2.55. The first kappa shape index (κ1) is 11.5. The van der Waals surface area contributed by atoms with Crippen molar-refractivity contribution in [2.75, 3.05) is 19.6 Å². The van der Waals surface area contributed by atoms with Crippen molar-refractivity contribution in [1.29, 1.82) is 0 Å². The van der Waals surface area contributed by atoms with E-state index in [-0.39, 0.29) is 5.41 Å². The summed E-state index contributed by atoms with van der Waals surface area (Å²) in [6.45, 7) is 10.7. The molecule has 1 atom stereocenters. The monoisotopic (exact) mass is 224 g/mol. The van der Waals surface area contributed by atoms with E-state index in [4.69, 9.17) is 4.52 Å². The second-order valence-electron chi connectivity index (χ2n) is 5.46. The Hall–Kier alpha value is -0.940. The Morgan fingerprint density at radius 3 is 3.00 bits per heavy atom. The molecule has 0 radical (unpaired) electrons. The van der Waals surface area contributed by atoms with Crippen molar-refractivity contribution in [3.63, 3.8) is 0 Å². The molecule has 2 heterocycles. The lowest BCUT2D eigenvalue weighted by atomic mass is 9.85. The fourth-order valence-corrected chi connectivity index (χ4v) is 2.00. The molecule has 16 heavy (non-hydrogen) atoms. The van der Waals surface area contributed by atoms with Gasteiger partial charge in [0.25, 0.3) is 0 Å². The lowest BCUT2D eigenvalue weighted by Gasteiger charge is -2.40. The topological polar surface area (TPSA) is 54.2 Å². The van der Waals surface area contributed by atoms with Crippen molar-refractivity contribution in [1.82, 2.24) is 20.4 Å². The zero-order valence-electron chi connectivity index (χ0n) is 10.2. The molecule has 5 heteroatoms.